The molecule has 0 aromatic heterocycles. The van der Waals surface area contributed by atoms with E-state index in [1.54, 1.807) is 0 Å². The highest BCUT2D eigenvalue weighted by molar-refractivity contribution is 5.74. The molecule has 22 heavy (non-hydrogen) atoms. The molecule has 0 unspecified atom stereocenters. The molecule has 3 N–H and O–H groups in total. The standard InChI is InChI=1S/C16H30N4O2/c1-13(21)17-8-4-9-18-16(22)19-15-7-10-20(12-15)11-14-5-2-3-6-14/h14-15H,2-12H2,1H3,(H,17,21)(H2,18,19,22)/t15-/m0/s1. The lowest BCUT2D eigenvalue weighted by Gasteiger charge is -2.20. The third-order valence-corrected chi connectivity index (χ3v) is 4.61. The smallest absolute Gasteiger partial charge is 0.315 e. The minimum Gasteiger partial charge on any atom is -0.356 e. The quantitative estimate of drug-likeness (QED) is 0.616. The van der Waals surface area contributed by atoms with E-state index in [1.807, 2.05) is 0 Å². The van der Waals surface area contributed by atoms with Crippen LogP contribution in [0.5, 0.6) is 0 Å². The third-order valence-electron chi connectivity index (χ3n) is 4.61. The zero-order valence-corrected chi connectivity index (χ0v) is 13.7. The summed E-state index contributed by atoms with van der Waals surface area (Å²) in [6.45, 7) is 5.98. The van der Waals surface area contributed by atoms with Gasteiger partial charge in [0.1, 0.15) is 0 Å². The maximum atomic E-state index is 11.8. The number of likely N-dealkylation sites (tertiary alicyclic amines) is 1. The number of carbonyl (C=O) groups is 2. The van der Waals surface area contributed by atoms with Crippen molar-refractivity contribution in [3.63, 3.8) is 0 Å². The molecule has 2 aliphatic rings. The first-order chi connectivity index (χ1) is 10.6. The van der Waals surface area contributed by atoms with Gasteiger partial charge in [-0.15, -0.1) is 0 Å². The second kappa shape index (κ2) is 8.98. The van der Waals surface area contributed by atoms with Crippen LogP contribution in [0.1, 0.15) is 45.4 Å². The van der Waals surface area contributed by atoms with Crippen LogP contribution in [0.25, 0.3) is 0 Å². The van der Waals surface area contributed by atoms with Crippen molar-refractivity contribution in [3.05, 3.63) is 0 Å². The molecule has 0 aromatic carbocycles. The maximum absolute atomic E-state index is 11.8. The van der Waals surface area contributed by atoms with Gasteiger partial charge in [0, 0.05) is 45.7 Å². The molecule has 3 amide bonds. The van der Waals surface area contributed by atoms with E-state index in [2.05, 4.69) is 20.9 Å². The van der Waals surface area contributed by atoms with E-state index in [1.165, 1.54) is 39.2 Å². The van der Waals surface area contributed by atoms with Gasteiger partial charge in [-0.3, -0.25) is 4.79 Å². The molecule has 1 saturated carbocycles. The Morgan fingerprint density at radius 2 is 1.82 bits per heavy atom. The average Bonchev–Trinajstić information content (AvgIpc) is 3.11. The molecule has 6 heteroatoms. The van der Waals surface area contributed by atoms with E-state index < -0.39 is 0 Å². The topological polar surface area (TPSA) is 73.5 Å². The molecule has 1 saturated heterocycles. The lowest BCUT2D eigenvalue weighted by Crippen LogP contribution is -2.44. The minimum atomic E-state index is -0.0875. The third kappa shape index (κ3) is 6.22. The summed E-state index contributed by atoms with van der Waals surface area (Å²) in [5, 5.41) is 8.62. The van der Waals surface area contributed by atoms with Gasteiger partial charge >= 0.3 is 6.03 Å². The normalized spacial score (nSPS) is 22.7. The second-order valence-corrected chi connectivity index (χ2v) is 6.63. The van der Waals surface area contributed by atoms with Crippen molar-refractivity contribution in [2.45, 2.75) is 51.5 Å². The van der Waals surface area contributed by atoms with Gasteiger partial charge in [0.2, 0.25) is 5.91 Å². The number of nitrogens with one attached hydrogen (secondary N) is 3. The van der Waals surface area contributed by atoms with Gasteiger partial charge < -0.3 is 20.9 Å². The van der Waals surface area contributed by atoms with Crippen LogP contribution in [0.15, 0.2) is 0 Å². The van der Waals surface area contributed by atoms with Crippen LogP contribution >= 0.6 is 0 Å². The Morgan fingerprint density at radius 3 is 2.55 bits per heavy atom. The number of urea groups is 1. The van der Waals surface area contributed by atoms with Crippen molar-refractivity contribution in [1.29, 1.82) is 0 Å². The van der Waals surface area contributed by atoms with E-state index in [4.69, 9.17) is 0 Å². The van der Waals surface area contributed by atoms with E-state index >= 15 is 0 Å². The number of rotatable bonds is 7. The molecule has 126 valence electrons. The lowest BCUT2D eigenvalue weighted by atomic mass is 10.1. The average molecular weight is 310 g/mol. The molecule has 1 heterocycles. The van der Waals surface area contributed by atoms with Crippen molar-refractivity contribution in [3.8, 4) is 0 Å². The fourth-order valence-electron chi connectivity index (χ4n) is 3.47. The molecule has 1 atom stereocenters. The van der Waals surface area contributed by atoms with E-state index in [0.29, 0.717) is 13.1 Å². The Labute approximate surface area is 133 Å². The molecular weight excluding hydrogens is 280 g/mol. The van der Waals surface area contributed by atoms with Crippen LogP contribution in [-0.4, -0.2) is 55.6 Å². The Morgan fingerprint density at radius 1 is 1.09 bits per heavy atom. The summed E-state index contributed by atoms with van der Waals surface area (Å²) in [6, 6.07) is 0.187. The first-order valence-corrected chi connectivity index (χ1v) is 8.64. The van der Waals surface area contributed by atoms with Gasteiger partial charge in [0.05, 0.1) is 0 Å². The lowest BCUT2D eigenvalue weighted by molar-refractivity contribution is -0.118. The molecule has 0 spiro atoms. The van der Waals surface area contributed by atoms with E-state index in [-0.39, 0.29) is 18.0 Å². The number of hydrogen-bond acceptors (Lipinski definition) is 3. The Hall–Kier alpha value is -1.30. The predicted octanol–water partition coefficient (Wildman–Crippen LogP) is 1.08. The van der Waals surface area contributed by atoms with Crippen molar-refractivity contribution < 1.29 is 9.59 Å². The van der Waals surface area contributed by atoms with Gasteiger partial charge in [-0.05, 0) is 31.6 Å². The highest BCUT2D eigenvalue weighted by Gasteiger charge is 2.26. The van der Waals surface area contributed by atoms with Crippen LogP contribution in [0.4, 0.5) is 4.79 Å². The summed E-state index contributed by atoms with van der Waals surface area (Å²) in [5.41, 5.74) is 0. The largest absolute Gasteiger partial charge is 0.356 e. The summed E-state index contributed by atoms with van der Waals surface area (Å²) in [4.78, 5) is 25.0. The second-order valence-electron chi connectivity index (χ2n) is 6.63. The molecule has 2 rings (SSSR count). The monoisotopic (exact) mass is 310 g/mol. The van der Waals surface area contributed by atoms with Crippen LogP contribution < -0.4 is 16.0 Å². The number of hydrogen-bond donors (Lipinski definition) is 3. The molecule has 0 radical (unpaired) electrons. The summed E-state index contributed by atoms with van der Waals surface area (Å²) in [5.74, 6) is 0.846. The summed E-state index contributed by atoms with van der Waals surface area (Å²) < 4.78 is 0. The zero-order chi connectivity index (χ0) is 15.8. The van der Waals surface area contributed by atoms with E-state index in [9.17, 15) is 9.59 Å². The highest BCUT2D eigenvalue weighted by atomic mass is 16.2. The summed E-state index contributed by atoms with van der Waals surface area (Å²) >= 11 is 0. The molecule has 1 aliphatic heterocycles. The van der Waals surface area contributed by atoms with Gasteiger partial charge in [-0.25, -0.2) is 4.79 Å². The first-order valence-electron chi connectivity index (χ1n) is 8.64. The van der Waals surface area contributed by atoms with Crippen molar-refractivity contribution in [1.82, 2.24) is 20.9 Å². The number of amides is 3. The number of carbonyl (C=O) groups excluding carboxylic acids is 2. The molecular formula is C16H30N4O2. The fourth-order valence-corrected chi connectivity index (χ4v) is 3.47. The molecule has 0 aromatic rings. The van der Waals surface area contributed by atoms with Gasteiger partial charge in [-0.2, -0.15) is 0 Å². The molecule has 1 aliphatic carbocycles. The van der Waals surface area contributed by atoms with Crippen molar-refractivity contribution >= 4 is 11.9 Å². The molecule has 0 bridgehead atoms. The Bertz CT molecular complexity index is 369. The Kier molecular flexibility index (Phi) is 6.96. The summed E-state index contributed by atoms with van der Waals surface area (Å²) in [7, 11) is 0. The summed E-state index contributed by atoms with van der Waals surface area (Å²) in [6.07, 6.45) is 7.34. The van der Waals surface area contributed by atoms with Crippen molar-refractivity contribution in [2.24, 2.45) is 5.92 Å². The Balaban J connectivity index is 1.52. The van der Waals surface area contributed by atoms with Crippen LogP contribution in [0.3, 0.4) is 0 Å². The van der Waals surface area contributed by atoms with Crippen LogP contribution in [-0.2, 0) is 4.79 Å². The number of nitrogens with zero attached hydrogens (tertiary/aromatic N) is 1. The SMILES string of the molecule is CC(=O)NCCCNC(=O)N[C@H]1CCN(CC2CCCC2)C1. The minimum absolute atomic E-state index is 0.0299. The highest BCUT2D eigenvalue weighted by Crippen LogP contribution is 2.26. The predicted molar refractivity (Wildman–Crippen MR) is 86.6 cm³/mol. The maximum Gasteiger partial charge on any atom is 0.315 e. The van der Waals surface area contributed by atoms with Crippen LogP contribution in [0, 0.1) is 5.92 Å². The van der Waals surface area contributed by atoms with E-state index in [0.717, 1.165) is 31.8 Å². The van der Waals surface area contributed by atoms with Crippen LogP contribution in [0.2, 0.25) is 0 Å². The van der Waals surface area contributed by atoms with Gasteiger partial charge in [0.15, 0.2) is 0 Å². The van der Waals surface area contributed by atoms with Gasteiger partial charge in [0.25, 0.3) is 0 Å². The zero-order valence-electron chi connectivity index (χ0n) is 13.7. The fraction of sp³-hybridized carbons (Fsp3) is 0.875. The van der Waals surface area contributed by atoms with Gasteiger partial charge in [-0.1, -0.05) is 12.8 Å². The molecule has 6 nitrogen and oxygen atoms in total. The molecule has 2 fully saturated rings. The first kappa shape index (κ1) is 17.1. The van der Waals surface area contributed by atoms with Crippen molar-refractivity contribution in [2.75, 3.05) is 32.7 Å².